The SMILES string of the molecule is O=C(NC12CC3CC(CC(C3)C1)C2)N1CCc2c([nH]c3ccc(Cl)cc23)[C@@H]1c1ccc(F)cc1. The second-order valence-corrected chi connectivity index (χ2v) is 11.7. The molecule has 34 heavy (non-hydrogen) atoms. The average Bonchev–Trinajstić information content (AvgIpc) is 3.16. The van der Waals surface area contributed by atoms with Gasteiger partial charge in [-0.15, -0.1) is 0 Å². The van der Waals surface area contributed by atoms with Crippen molar-refractivity contribution in [2.75, 3.05) is 6.54 Å². The average molecular weight is 478 g/mol. The quantitative estimate of drug-likeness (QED) is 0.430. The highest BCUT2D eigenvalue weighted by atomic mass is 35.5. The van der Waals surface area contributed by atoms with Crippen molar-refractivity contribution in [2.24, 2.45) is 17.8 Å². The number of halogens is 2. The molecular formula is C28H29ClFN3O. The molecule has 8 rings (SSSR count). The molecule has 4 fully saturated rings. The van der Waals surface area contributed by atoms with Gasteiger partial charge >= 0.3 is 6.03 Å². The molecule has 4 bridgehead atoms. The summed E-state index contributed by atoms with van der Waals surface area (Å²) in [6.07, 6.45) is 8.16. The fraction of sp³-hybridized carbons (Fsp3) is 0.464. The largest absolute Gasteiger partial charge is 0.356 e. The van der Waals surface area contributed by atoms with E-state index in [1.54, 1.807) is 12.1 Å². The van der Waals surface area contributed by atoms with E-state index in [0.29, 0.717) is 11.6 Å². The summed E-state index contributed by atoms with van der Waals surface area (Å²) in [6, 6.07) is 12.2. The van der Waals surface area contributed by atoms with E-state index in [4.69, 9.17) is 11.6 Å². The number of nitrogens with one attached hydrogen (secondary N) is 2. The van der Waals surface area contributed by atoms with Crippen LogP contribution >= 0.6 is 11.6 Å². The Balaban J connectivity index is 1.27. The molecule has 0 saturated heterocycles. The van der Waals surface area contributed by atoms with Gasteiger partial charge in [0.25, 0.3) is 0 Å². The molecule has 6 heteroatoms. The summed E-state index contributed by atoms with van der Waals surface area (Å²) in [5.74, 6) is 2.04. The number of fused-ring (bicyclic) bond motifs is 3. The first-order valence-electron chi connectivity index (χ1n) is 12.6. The Bertz CT molecular complexity index is 1250. The zero-order valence-corrected chi connectivity index (χ0v) is 19.9. The van der Waals surface area contributed by atoms with Crippen molar-refractivity contribution in [2.45, 2.75) is 56.5 Å². The van der Waals surface area contributed by atoms with Crippen LogP contribution in [0.15, 0.2) is 42.5 Å². The molecule has 4 nitrogen and oxygen atoms in total. The van der Waals surface area contributed by atoms with Crippen molar-refractivity contribution < 1.29 is 9.18 Å². The molecule has 2 amide bonds. The summed E-state index contributed by atoms with van der Waals surface area (Å²) in [5, 5.41) is 5.37. The van der Waals surface area contributed by atoms with Crippen molar-refractivity contribution in [1.29, 1.82) is 0 Å². The second-order valence-electron chi connectivity index (χ2n) is 11.2. The number of rotatable bonds is 2. The summed E-state index contributed by atoms with van der Waals surface area (Å²) >= 11 is 6.31. The minimum absolute atomic E-state index is 0.0126. The number of amides is 2. The number of H-pyrrole nitrogens is 1. The number of hydrogen-bond donors (Lipinski definition) is 2. The standard InChI is InChI=1S/C28H29ClFN3O/c29-20-3-6-24-23(12-20)22-7-8-33(26(25(22)31-24)19-1-4-21(30)5-2-19)27(34)32-28-13-16-9-17(14-28)11-18(10-16)15-28/h1-6,12,16-18,26,31H,7-11,13-15H2,(H,32,34)/t16?,17?,18?,26-,28?/m0/s1. The Morgan fingerprint density at radius 1 is 1.03 bits per heavy atom. The lowest BCUT2D eigenvalue weighted by Gasteiger charge is -2.57. The number of nitrogens with zero attached hydrogens (tertiary/aromatic N) is 1. The Kier molecular flexibility index (Phi) is 4.58. The number of carbonyl (C=O) groups excluding carboxylic acids is 1. The third-order valence-electron chi connectivity index (χ3n) is 8.95. The zero-order chi connectivity index (χ0) is 23.0. The van der Waals surface area contributed by atoms with Crippen molar-refractivity contribution in [3.05, 3.63) is 70.1 Å². The molecule has 1 aliphatic heterocycles. The zero-order valence-electron chi connectivity index (χ0n) is 19.1. The lowest BCUT2D eigenvalue weighted by Crippen LogP contribution is -2.62. The maximum Gasteiger partial charge on any atom is 0.318 e. The molecule has 1 atom stereocenters. The van der Waals surface area contributed by atoms with Crippen molar-refractivity contribution in [3.8, 4) is 0 Å². The van der Waals surface area contributed by atoms with Crippen LogP contribution in [-0.2, 0) is 6.42 Å². The van der Waals surface area contributed by atoms with Crippen LogP contribution in [-0.4, -0.2) is 28.0 Å². The molecule has 4 aliphatic carbocycles. The highest BCUT2D eigenvalue weighted by Crippen LogP contribution is 2.55. The van der Waals surface area contributed by atoms with Gasteiger partial charge in [0.15, 0.2) is 0 Å². The number of carbonyl (C=O) groups is 1. The van der Waals surface area contributed by atoms with E-state index < -0.39 is 0 Å². The van der Waals surface area contributed by atoms with E-state index in [1.807, 2.05) is 23.1 Å². The molecule has 2 N–H and O–H groups in total. The van der Waals surface area contributed by atoms with Gasteiger partial charge in [0.2, 0.25) is 0 Å². The fourth-order valence-corrected chi connectivity index (χ4v) is 8.21. The van der Waals surface area contributed by atoms with Gasteiger partial charge < -0.3 is 15.2 Å². The van der Waals surface area contributed by atoms with Crippen LogP contribution in [0.4, 0.5) is 9.18 Å². The van der Waals surface area contributed by atoms with Crippen molar-refractivity contribution in [1.82, 2.24) is 15.2 Å². The van der Waals surface area contributed by atoms with Crippen LogP contribution in [0.25, 0.3) is 10.9 Å². The third kappa shape index (κ3) is 3.27. The van der Waals surface area contributed by atoms with E-state index in [2.05, 4.69) is 10.3 Å². The first kappa shape index (κ1) is 20.8. The maximum atomic E-state index is 13.9. The van der Waals surface area contributed by atoms with Gasteiger partial charge in [0.1, 0.15) is 5.82 Å². The Morgan fingerprint density at radius 2 is 1.71 bits per heavy atom. The van der Waals surface area contributed by atoms with Gasteiger partial charge in [-0.3, -0.25) is 0 Å². The second kappa shape index (κ2) is 7.48. The van der Waals surface area contributed by atoms with Gasteiger partial charge in [-0.2, -0.15) is 0 Å². The molecule has 0 spiro atoms. The number of urea groups is 1. The van der Waals surface area contributed by atoms with Crippen LogP contribution in [0.5, 0.6) is 0 Å². The molecule has 5 aliphatic rings. The highest BCUT2D eigenvalue weighted by Gasteiger charge is 2.52. The van der Waals surface area contributed by atoms with E-state index >= 15 is 0 Å². The van der Waals surface area contributed by atoms with Crippen LogP contribution < -0.4 is 5.32 Å². The van der Waals surface area contributed by atoms with Crippen LogP contribution in [0.1, 0.15) is 61.4 Å². The molecule has 2 aromatic carbocycles. The Labute approximate surface area is 203 Å². The minimum Gasteiger partial charge on any atom is -0.356 e. The highest BCUT2D eigenvalue weighted by molar-refractivity contribution is 6.31. The van der Waals surface area contributed by atoms with Crippen LogP contribution in [0.3, 0.4) is 0 Å². The summed E-state index contributed by atoms with van der Waals surface area (Å²) in [5.41, 5.74) is 4.10. The van der Waals surface area contributed by atoms with Gasteiger partial charge in [0.05, 0.1) is 6.04 Å². The van der Waals surface area contributed by atoms with Gasteiger partial charge in [-0.1, -0.05) is 23.7 Å². The Morgan fingerprint density at radius 3 is 2.38 bits per heavy atom. The molecular weight excluding hydrogens is 449 g/mol. The molecule has 3 aromatic rings. The summed E-state index contributed by atoms with van der Waals surface area (Å²) in [7, 11) is 0. The van der Waals surface area contributed by atoms with E-state index in [9.17, 15) is 9.18 Å². The summed E-state index contributed by atoms with van der Waals surface area (Å²) < 4.78 is 13.8. The first-order chi connectivity index (χ1) is 16.5. The fourth-order valence-electron chi connectivity index (χ4n) is 8.03. The summed E-state index contributed by atoms with van der Waals surface area (Å²) in [6.45, 7) is 0.618. The van der Waals surface area contributed by atoms with Crippen molar-refractivity contribution in [3.63, 3.8) is 0 Å². The van der Waals surface area contributed by atoms with E-state index in [-0.39, 0.29) is 23.4 Å². The predicted octanol–water partition coefficient (Wildman–Crippen LogP) is 6.59. The molecule has 176 valence electrons. The normalized spacial score (nSPS) is 31.6. The van der Waals surface area contributed by atoms with Gasteiger partial charge in [0, 0.05) is 33.7 Å². The molecule has 0 radical (unpaired) electrons. The number of hydrogen-bond acceptors (Lipinski definition) is 1. The minimum atomic E-state index is -0.288. The van der Waals surface area contributed by atoms with E-state index in [1.165, 1.54) is 37.0 Å². The molecule has 1 aromatic heterocycles. The smallest absolute Gasteiger partial charge is 0.318 e. The van der Waals surface area contributed by atoms with Crippen LogP contribution in [0.2, 0.25) is 5.02 Å². The first-order valence-corrected chi connectivity index (χ1v) is 13.0. The molecule has 2 heterocycles. The third-order valence-corrected chi connectivity index (χ3v) is 9.18. The maximum absolute atomic E-state index is 13.9. The van der Waals surface area contributed by atoms with Crippen LogP contribution in [0, 0.1) is 23.6 Å². The lowest BCUT2D eigenvalue weighted by molar-refractivity contribution is -0.0163. The van der Waals surface area contributed by atoms with Gasteiger partial charge in [-0.05, 0) is 104 Å². The number of benzene rings is 2. The van der Waals surface area contributed by atoms with Gasteiger partial charge in [-0.25, -0.2) is 9.18 Å². The monoisotopic (exact) mass is 477 g/mol. The molecule has 0 unspecified atom stereocenters. The predicted molar refractivity (Wildman–Crippen MR) is 131 cm³/mol. The number of aromatic amines is 1. The van der Waals surface area contributed by atoms with E-state index in [0.717, 1.165) is 65.6 Å². The van der Waals surface area contributed by atoms with Crippen molar-refractivity contribution >= 4 is 28.5 Å². The topological polar surface area (TPSA) is 48.1 Å². The Hall–Kier alpha value is -2.53. The summed E-state index contributed by atoms with van der Waals surface area (Å²) in [4.78, 5) is 19.5. The number of aromatic nitrogens is 1. The molecule has 4 saturated carbocycles. The lowest BCUT2D eigenvalue weighted by atomic mass is 9.53.